The maximum absolute atomic E-state index is 12.3. The lowest BCUT2D eigenvalue weighted by Gasteiger charge is -2.34. The number of nitrogens with zero attached hydrogens (tertiary/aromatic N) is 1. The average molecular weight is 252 g/mol. The first-order valence-electron chi connectivity index (χ1n) is 7.67. The minimum absolute atomic E-state index is 0.0540. The molecule has 1 amide bonds. The van der Waals surface area contributed by atoms with Gasteiger partial charge in [0.25, 0.3) is 0 Å². The summed E-state index contributed by atoms with van der Waals surface area (Å²) >= 11 is 0. The summed E-state index contributed by atoms with van der Waals surface area (Å²) < 4.78 is 0. The van der Waals surface area contributed by atoms with Crippen molar-refractivity contribution in [2.45, 2.75) is 71.4 Å². The van der Waals surface area contributed by atoms with Crippen LogP contribution < -0.4 is 5.32 Å². The summed E-state index contributed by atoms with van der Waals surface area (Å²) in [5.74, 6) is 1.65. The van der Waals surface area contributed by atoms with E-state index < -0.39 is 0 Å². The number of hydrogen-bond donors (Lipinski definition) is 1. The molecule has 3 nitrogen and oxygen atoms in total. The SMILES string of the molecule is CCCC1CCC(N2CNC(C(C)C)C2=O)CC1. The molecule has 1 heterocycles. The fourth-order valence-corrected chi connectivity index (χ4v) is 3.52. The lowest BCUT2D eigenvalue weighted by atomic mass is 9.83. The molecular formula is C15H28N2O. The second-order valence-electron chi connectivity index (χ2n) is 6.36. The monoisotopic (exact) mass is 252 g/mol. The van der Waals surface area contributed by atoms with Crippen LogP contribution in [-0.4, -0.2) is 29.6 Å². The average Bonchev–Trinajstić information content (AvgIpc) is 2.73. The van der Waals surface area contributed by atoms with E-state index in [0.717, 1.165) is 12.6 Å². The highest BCUT2D eigenvalue weighted by Gasteiger charge is 2.38. The summed E-state index contributed by atoms with van der Waals surface area (Å²) in [6.45, 7) is 7.28. The molecule has 18 heavy (non-hydrogen) atoms. The summed E-state index contributed by atoms with van der Waals surface area (Å²) in [5.41, 5.74) is 0. The molecule has 2 aliphatic rings. The van der Waals surface area contributed by atoms with E-state index in [4.69, 9.17) is 0 Å². The molecule has 0 spiro atoms. The number of nitrogens with one attached hydrogen (secondary N) is 1. The summed E-state index contributed by atoms with van der Waals surface area (Å²) in [4.78, 5) is 14.4. The van der Waals surface area contributed by atoms with Gasteiger partial charge in [-0.3, -0.25) is 10.1 Å². The Labute approximate surface area is 111 Å². The van der Waals surface area contributed by atoms with Gasteiger partial charge < -0.3 is 4.90 Å². The van der Waals surface area contributed by atoms with E-state index in [9.17, 15) is 4.79 Å². The Balaban J connectivity index is 1.85. The molecule has 1 saturated carbocycles. The maximum atomic E-state index is 12.3. The third-order valence-electron chi connectivity index (χ3n) is 4.65. The molecule has 104 valence electrons. The highest BCUT2D eigenvalue weighted by atomic mass is 16.2. The van der Waals surface area contributed by atoms with Crippen LogP contribution >= 0.6 is 0 Å². The van der Waals surface area contributed by atoms with Crippen LogP contribution in [0, 0.1) is 11.8 Å². The quantitative estimate of drug-likeness (QED) is 0.834. The van der Waals surface area contributed by atoms with Crippen LogP contribution in [0.3, 0.4) is 0 Å². The summed E-state index contributed by atoms with van der Waals surface area (Å²) in [6.07, 6.45) is 7.72. The van der Waals surface area contributed by atoms with Crippen molar-refractivity contribution in [1.82, 2.24) is 10.2 Å². The predicted octanol–water partition coefficient (Wildman–Crippen LogP) is 2.76. The van der Waals surface area contributed by atoms with Crippen LogP contribution in [0.1, 0.15) is 59.3 Å². The van der Waals surface area contributed by atoms with E-state index >= 15 is 0 Å². The molecule has 2 rings (SSSR count). The fraction of sp³-hybridized carbons (Fsp3) is 0.933. The minimum Gasteiger partial charge on any atom is -0.326 e. The number of rotatable bonds is 4. The van der Waals surface area contributed by atoms with Gasteiger partial charge >= 0.3 is 0 Å². The van der Waals surface area contributed by atoms with Gasteiger partial charge in [0.15, 0.2) is 0 Å². The second kappa shape index (κ2) is 6.05. The van der Waals surface area contributed by atoms with Crippen molar-refractivity contribution in [3.05, 3.63) is 0 Å². The van der Waals surface area contributed by atoms with E-state index in [1.54, 1.807) is 0 Å². The minimum atomic E-state index is 0.0540. The van der Waals surface area contributed by atoms with Gasteiger partial charge in [0, 0.05) is 6.04 Å². The number of carbonyl (C=O) groups excluding carboxylic acids is 1. The predicted molar refractivity (Wildman–Crippen MR) is 74.1 cm³/mol. The molecule has 2 fully saturated rings. The summed E-state index contributed by atoms with van der Waals surface area (Å²) in [6, 6.07) is 0.556. The van der Waals surface area contributed by atoms with Gasteiger partial charge in [-0.25, -0.2) is 0 Å². The maximum Gasteiger partial charge on any atom is 0.241 e. The van der Waals surface area contributed by atoms with Gasteiger partial charge in [-0.1, -0.05) is 33.6 Å². The van der Waals surface area contributed by atoms with Crippen molar-refractivity contribution in [2.24, 2.45) is 11.8 Å². The Bertz CT molecular complexity index is 282. The third kappa shape index (κ3) is 2.87. The van der Waals surface area contributed by atoms with Gasteiger partial charge in [-0.15, -0.1) is 0 Å². The molecule has 1 N–H and O–H groups in total. The molecular weight excluding hydrogens is 224 g/mol. The molecule has 0 aromatic carbocycles. The van der Waals surface area contributed by atoms with Gasteiger partial charge in [0.2, 0.25) is 5.91 Å². The fourth-order valence-electron chi connectivity index (χ4n) is 3.52. The van der Waals surface area contributed by atoms with Crippen molar-refractivity contribution < 1.29 is 4.79 Å². The van der Waals surface area contributed by atoms with Crippen LogP contribution in [0.4, 0.5) is 0 Å². The van der Waals surface area contributed by atoms with Crippen LogP contribution in [-0.2, 0) is 4.79 Å². The zero-order valence-electron chi connectivity index (χ0n) is 12.1. The number of hydrogen-bond acceptors (Lipinski definition) is 2. The van der Waals surface area contributed by atoms with Crippen LogP contribution in [0.2, 0.25) is 0 Å². The molecule has 1 aliphatic heterocycles. The lowest BCUT2D eigenvalue weighted by molar-refractivity contribution is -0.132. The largest absolute Gasteiger partial charge is 0.326 e. The number of carbonyl (C=O) groups is 1. The third-order valence-corrected chi connectivity index (χ3v) is 4.65. The first-order valence-corrected chi connectivity index (χ1v) is 7.67. The Morgan fingerprint density at radius 3 is 2.44 bits per heavy atom. The van der Waals surface area contributed by atoms with Gasteiger partial charge in [-0.2, -0.15) is 0 Å². The van der Waals surface area contributed by atoms with Crippen LogP contribution in [0.5, 0.6) is 0 Å². The molecule has 1 saturated heterocycles. The second-order valence-corrected chi connectivity index (χ2v) is 6.36. The van der Waals surface area contributed by atoms with E-state index in [1.165, 1.54) is 38.5 Å². The molecule has 0 aromatic heterocycles. The van der Waals surface area contributed by atoms with Crippen molar-refractivity contribution in [3.63, 3.8) is 0 Å². The molecule has 1 aliphatic carbocycles. The zero-order valence-corrected chi connectivity index (χ0v) is 12.1. The highest BCUT2D eigenvalue weighted by molar-refractivity contribution is 5.84. The van der Waals surface area contributed by atoms with Crippen LogP contribution in [0.25, 0.3) is 0 Å². The van der Waals surface area contributed by atoms with E-state index in [-0.39, 0.29) is 6.04 Å². The van der Waals surface area contributed by atoms with E-state index in [2.05, 4.69) is 31.0 Å². The zero-order chi connectivity index (χ0) is 13.1. The van der Waals surface area contributed by atoms with E-state index in [1.807, 2.05) is 0 Å². The molecule has 0 radical (unpaired) electrons. The first kappa shape index (κ1) is 13.9. The topological polar surface area (TPSA) is 32.3 Å². The molecule has 0 aromatic rings. The Kier molecular flexibility index (Phi) is 4.66. The van der Waals surface area contributed by atoms with E-state index in [0.29, 0.717) is 17.9 Å². The molecule has 1 atom stereocenters. The highest BCUT2D eigenvalue weighted by Crippen LogP contribution is 2.31. The lowest BCUT2D eigenvalue weighted by Crippen LogP contribution is -2.41. The smallest absolute Gasteiger partial charge is 0.241 e. The summed E-state index contributed by atoms with van der Waals surface area (Å²) in [7, 11) is 0. The normalized spacial score (nSPS) is 33.4. The Morgan fingerprint density at radius 1 is 1.28 bits per heavy atom. The molecule has 1 unspecified atom stereocenters. The molecule has 3 heteroatoms. The van der Waals surface area contributed by atoms with Crippen molar-refractivity contribution >= 4 is 5.91 Å². The Hall–Kier alpha value is -0.570. The van der Waals surface area contributed by atoms with Gasteiger partial charge in [0.05, 0.1) is 12.7 Å². The standard InChI is InChI=1S/C15H28N2O/c1-4-5-12-6-8-13(9-7-12)17-10-16-14(11(2)3)15(17)18/h11-14,16H,4-10H2,1-3H3. The first-order chi connectivity index (χ1) is 8.63. The van der Waals surface area contributed by atoms with Gasteiger partial charge in [-0.05, 0) is 37.5 Å². The van der Waals surface area contributed by atoms with Crippen molar-refractivity contribution in [3.8, 4) is 0 Å². The van der Waals surface area contributed by atoms with Crippen LogP contribution in [0.15, 0.2) is 0 Å². The Morgan fingerprint density at radius 2 is 1.94 bits per heavy atom. The van der Waals surface area contributed by atoms with Crippen molar-refractivity contribution in [1.29, 1.82) is 0 Å². The molecule has 0 bridgehead atoms. The number of amides is 1. The van der Waals surface area contributed by atoms with Crippen molar-refractivity contribution in [2.75, 3.05) is 6.67 Å². The van der Waals surface area contributed by atoms with Gasteiger partial charge in [0.1, 0.15) is 0 Å². The summed E-state index contributed by atoms with van der Waals surface area (Å²) in [5, 5.41) is 3.37.